The van der Waals surface area contributed by atoms with Gasteiger partial charge in [-0.15, -0.1) is 0 Å². The van der Waals surface area contributed by atoms with Crippen LogP contribution >= 0.6 is 0 Å². The summed E-state index contributed by atoms with van der Waals surface area (Å²) in [5, 5.41) is 18.2. The molecule has 5 nitrogen and oxygen atoms in total. The number of hydrogen-bond acceptors (Lipinski definition) is 4. The summed E-state index contributed by atoms with van der Waals surface area (Å²) in [6.07, 6.45) is -1.16. The van der Waals surface area contributed by atoms with Gasteiger partial charge >= 0.3 is 14.5 Å². The molecule has 0 aromatic heterocycles. The number of aliphatic carboxylic acids is 1. The summed E-state index contributed by atoms with van der Waals surface area (Å²) in [6.45, 7) is 4.09. The first-order chi connectivity index (χ1) is 7.35. The highest BCUT2D eigenvalue weighted by Crippen LogP contribution is 2.25. The Hall–Kier alpha value is -0.433. The lowest BCUT2D eigenvalue weighted by atomic mass is 10.3. The third kappa shape index (κ3) is 5.60. The average Bonchev–Trinajstić information content (AvgIpc) is 2.14. The van der Waals surface area contributed by atoms with Crippen LogP contribution in [0.15, 0.2) is 0 Å². The molecule has 0 aliphatic rings. The Morgan fingerprint density at radius 3 is 2.06 bits per heavy atom. The molecule has 0 radical (unpaired) electrons. The van der Waals surface area contributed by atoms with Crippen LogP contribution in [-0.2, 0) is 13.6 Å². The van der Waals surface area contributed by atoms with Gasteiger partial charge in [0.25, 0.3) is 0 Å². The van der Waals surface area contributed by atoms with Gasteiger partial charge in [-0.25, -0.2) is 0 Å². The van der Waals surface area contributed by atoms with Crippen molar-refractivity contribution in [1.82, 2.24) is 0 Å². The van der Waals surface area contributed by atoms with Gasteiger partial charge < -0.3 is 19.1 Å². The highest BCUT2D eigenvalue weighted by atomic mass is 28.4. The summed E-state index contributed by atoms with van der Waals surface area (Å²) < 4.78 is 10.8. The summed E-state index contributed by atoms with van der Waals surface area (Å²) in [6, 6.07) is 1.04. The monoisotopic (exact) mass is 250 g/mol. The molecule has 0 heterocycles. The molecular weight excluding hydrogens is 228 g/mol. The molecule has 96 valence electrons. The lowest BCUT2D eigenvalue weighted by Crippen LogP contribution is -2.44. The Labute approximate surface area is 97.6 Å². The van der Waals surface area contributed by atoms with Crippen LogP contribution in [0, 0.1) is 5.92 Å². The highest BCUT2D eigenvalue weighted by molar-refractivity contribution is 6.67. The standard InChI is InChI=1S/C10H22O5Si/c1-8(2)6-16(14-3,15-4)7-9(11)5-10(12)13/h8-9,11H,5-7H2,1-4H3,(H,12,13)/t9-/m1/s1. The molecule has 16 heavy (non-hydrogen) atoms. The van der Waals surface area contributed by atoms with Crippen molar-refractivity contribution in [3.8, 4) is 0 Å². The first kappa shape index (κ1) is 15.6. The maximum atomic E-state index is 10.5. The van der Waals surface area contributed by atoms with E-state index in [0.717, 1.165) is 6.04 Å². The second-order valence-corrected chi connectivity index (χ2v) is 7.83. The predicted molar refractivity (Wildman–Crippen MR) is 62.5 cm³/mol. The number of carbonyl (C=O) groups is 1. The largest absolute Gasteiger partial charge is 0.481 e. The van der Waals surface area contributed by atoms with Crippen LogP contribution in [0.25, 0.3) is 0 Å². The number of hydrogen-bond donors (Lipinski definition) is 2. The molecule has 0 aliphatic carbocycles. The van der Waals surface area contributed by atoms with Crippen molar-refractivity contribution in [3.05, 3.63) is 0 Å². The van der Waals surface area contributed by atoms with Crippen molar-refractivity contribution in [2.45, 2.75) is 38.5 Å². The van der Waals surface area contributed by atoms with Gasteiger partial charge in [-0.1, -0.05) is 13.8 Å². The molecule has 0 saturated heterocycles. The minimum atomic E-state index is -2.45. The van der Waals surface area contributed by atoms with Gasteiger partial charge in [0, 0.05) is 20.3 Å². The first-order valence-electron chi connectivity index (χ1n) is 5.35. The number of aliphatic hydroxyl groups excluding tert-OH is 1. The van der Waals surface area contributed by atoms with Crippen LogP contribution in [0.2, 0.25) is 12.1 Å². The Bertz CT molecular complexity index is 215. The van der Waals surface area contributed by atoms with E-state index in [1.807, 2.05) is 13.8 Å². The second kappa shape index (κ2) is 7.00. The van der Waals surface area contributed by atoms with Crippen LogP contribution in [0.5, 0.6) is 0 Å². The van der Waals surface area contributed by atoms with Crippen molar-refractivity contribution in [2.75, 3.05) is 14.2 Å². The van der Waals surface area contributed by atoms with Crippen LogP contribution in [0.4, 0.5) is 0 Å². The lowest BCUT2D eigenvalue weighted by Gasteiger charge is -2.30. The fourth-order valence-electron chi connectivity index (χ4n) is 1.75. The van der Waals surface area contributed by atoms with E-state index in [1.165, 1.54) is 0 Å². The SMILES string of the molecule is CO[Si](CC(C)C)(C[C@H](O)CC(=O)O)OC. The smallest absolute Gasteiger partial charge is 0.340 e. The molecule has 6 heteroatoms. The van der Waals surface area contributed by atoms with Crippen LogP contribution < -0.4 is 0 Å². The van der Waals surface area contributed by atoms with Crippen LogP contribution in [-0.4, -0.2) is 45.1 Å². The number of aliphatic hydroxyl groups is 1. The van der Waals surface area contributed by atoms with E-state index in [2.05, 4.69) is 0 Å². The zero-order chi connectivity index (χ0) is 12.8. The third-order valence-corrected chi connectivity index (χ3v) is 6.44. The summed E-state index contributed by atoms with van der Waals surface area (Å²) in [7, 11) is 0.672. The molecular formula is C10H22O5Si. The van der Waals surface area contributed by atoms with Gasteiger partial charge in [-0.3, -0.25) is 4.79 Å². The Morgan fingerprint density at radius 1 is 1.25 bits per heavy atom. The minimum Gasteiger partial charge on any atom is -0.481 e. The predicted octanol–water partition coefficient (Wildman–Crippen LogP) is 1.21. The van der Waals surface area contributed by atoms with E-state index in [1.54, 1.807) is 14.2 Å². The van der Waals surface area contributed by atoms with E-state index >= 15 is 0 Å². The summed E-state index contributed by atoms with van der Waals surface area (Å²) in [4.78, 5) is 10.5. The average molecular weight is 250 g/mol. The molecule has 0 aliphatic heterocycles. The molecule has 0 bridgehead atoms. The first-order valence-corrected chi connectivity index (χ1v) is 7.58. The van der Waals surface area contributed by atoms with Crippen LogP contribution in [0.1, 0.15) is 20.3 Å². The van der Waals surface area contributed by atoms with Gasteiger partial charge in [0.1, 0.15) is 0 Å². The van der Waals surface area contributed by atoms with Crippen molar-refractivity contribution >= 4 is 14.5 Å². The Kier molecular flexibility index (Phi) is 6.81. The lowest BCUT2D eigenvalue weighted by molar-refractivity contribution is -0.138. The Morgan fingerprint density at radius 2 is 1.75 bits per heavy atom. The fourth-order valence-corrected chi connectivity index (χ4v) is 4.86. The molecule has 0 rings (SSSR count). The molecule has 0 spiro atoms. The Balaban J connectivity index is 4.46. The molecule has 0 aromatic carbocycles. The van der Waals surface area contributed by atoms with Crippen molar-refractivity contribution in [2.24, 2.45) is 5.92 Å². The fraction of sp³-hybridized carbons (Fsp3) is 0.900. The highest BCUT2D eigenvalue weighted by Gasteiger charge is 2.38. The van der Waals surface area contributed by atoms with E-state index in [4.69, 9.17) is 14.0 Å². The molecule has 0 unspecified atom stereocenters. The topological polar surface area (TPSA) is 76.0 Å². The van der Waals surface area contributed by atoms with Gasteiger partial charge in [0.15, 0.2) is 0 Å². The van der Waals surface area contributed by atoms with Crippen molar-refractivity contribution in [1.29, 1.82) is 0 Å². The van der Waals surface area contributed by atoms with E-state index in [0.29, 0.717) is 12.0 Å². The van der Waals surface area contributed by atoms with Gasteiger partial charge in [0.2, 0.25) is 0 Å². The summed E-state index contributed by atoms with van der Waals surface area (Å²) in [5.74, 6) is -0.615. The summed E-state index contributed by atoms with van der Waals surface area (Å²) >= 11 is 0. The zero-order valence-electron chi connectivity index (χ0n) is 10.4. The quantitative estimate of drug-likeness (QED) is 0.633. The molecule has 0 fully saturated rings. The number of carboxylic acids is 1. The second-order valence-electron chi connectivity index (χ2n) is 4.37. The van der Waals surface area contributed by atoms with Crippen molar-refractivity contribution < 1.29 is 23.9 Å². The normalized spacial score (nSPS) is 14.1. The minimum absolute atomic E-state index is 0.264. The molecule has 0 aromatic rings. The number of rotatable bonds is 8. The zero-order valence-corrected chi connectivity index (χ0v) is 11.4. The van der Waals surface area contributed by atoms with Gasteiger partial charge in [0.05, 0.1) is 12.5 Å². The maximum absolute atomic E-state index is 10.5. The van der Waals surface area contributed by atoms with Crippen LogP contribution in [0.3, 0.4) is 0 Å². The molecule has 0 saturated carbocycles. The van der Waals surface area contributed by atoms with Gasteiger partial charge in [-0.2, -0.15) is 0 Å². The van der Waals surface area contributed by atoms with E-state index < -0.39 is 20.6 Å². The van der Waals surface area contributed by atoms with E-state index in [9.17, 15) is 9.90 Å². The number of carboxylic acid groups (broad SMARTS) is 1. The molecule has 0 amide bonds. The summed E-state index contributed by atoms with van der Waals surface area (Å²) in [5.41, 5.74) is 0. The molecule has 2 N–H and O–H groups in total. The van der Waals surface area contributed by atoms with Crippen molar-refractivity contribution in [3.63, 3.8) is 0 Å². The molecule has 1 atom stereocenters. The van der Waals surface area contributed by atoms with E-state index in [-0.39, 0.29) is 6.42 Å². The maximum Gasteiger partial charge on any atom is 0.340 e. The third-order valence-electron chi connectivity index (χ3n) is 2.42. The van der Waals surface area contributed by atoms with Gasteiger partial charge in [-0.05, 0) is 12.0 Å².